The molecule has 5 nitrogen and oxygen atoms in total. The highest BCUT2D eigenvalue weighted by Crippen LogP contribution is 2.44. The Bertz CT molecular complexity index is 4790. The van der Waals surface area contributed by atoms with Gasteiger partial charge in [-0.3, -0.25) is 9.13 Å². The molecule has 14 rings (SSSR count). The molecule has 0 amide bonds. The first-order chi connectivity index (χ1) is 38.4. The van der Waals surface area contributed by atoms with Gasteiger partial charge in [0.1, 0.15) is 5.82 Å². The van der Waals surface area contributed by atoms with Gasteiger partial charge in [-0.15, -0.1) is 11.3 Å². The third-order valence-electron chi connectivity index (χ3n) is 12.0. The van der Waals surface area contributed by atoms with E-state index in [1.54, 1.807) is 11.3 Å². The second kappa shape index (κ2) is 13.6. The highest BCUT2D eigenvalue weighted by molar-refractivity contribution is 7.25. The third-order valence-corrected chi connectivity index (χ3v) is 13.1. The maximum Gasteiger partial charge on any atom is 0.237 e. The summed E-state index contributed by atoms with van der Waals surface area (Å²) in [5.74, 6) is -0.660. The van der Waals surface area contributed by atoms with E-state index >= 15 is 0 Å². The van der Waals surface area contributed by atoms with Gasteiger partial charge in [0.15, 0.2) is 0 Å². The van der Waals surface area contributed by atoms with E-state index < -0.39 is 103 Å². The van der Waals surface area contributed by atoms with Crippen LogP contribution in [0.5, 0.6) is 0 Å². The Hall–Kier alpha value is -8.32. The van der Waals surface area contributed by atoms with E-state index in [0.717, 1.165) is 52.1 Å². The van der Waals surface area contributed by atoms with E-state index in [0.29, 0.717) is 16.8 Å². The lowest BCUT2D eigenvalue weighted by atomic mass is 9.94. The fourth-order valence-corrected chi connectivity index (χ4v) is 10.5. The molecule has 5 aromatic heterocycles. The van der Waals surface area contributed by atoms with Crippen molar-refractivity contribution >= 4 is 96.9 Å². The van der Waals surface area contributed by atoms with Gasteiger partial charge in [0.25, 0.3) is 0 Å². The average molecular weight is 850 g/mol. The summed E-state index contributed by atoms with van der Waals surface area (Å²) < 4.78 is 153. The van der Waals surface area contributed by atoms with Crippen molar-refractivity contribution in [2.45, 2.75) is 0 Å². The van der Waals surface area contributed by atoms with E-state index in [2.05, 4.69) is 22.8 Å². The zero-order valence-corrected chi connectivity index (χ0v) is 33.9. The molecule has 14 aromatic rings. The molecular formula is C58H35N5S. The van der Waals surface area contributed by atoms with E-state index in [9.17, 15) is 11.0 Å². The highest BCUT2D eigenvalue weighted by Gasteiger charge is 2.24. The fourth-order valence-electron chi connectivity index (χ4n) is 9.35. The lowest BCUT2D eigenvalue weighted by Gasteiger charge is -2.20. The zero-order valence-electron chi connectivity index (χ0n) is 49.1. The predicted octanol–water partition coefficient (Wildman–Crippen LogP) is 15.5. The maximum atomic E-state index is 9.50. The lowest BCUT2D eigenvalue weighted by molar-refractivity contribution is 0.951. The average Bonchev–Trinajstić information content (AvgIpc) is 4.33. The van der Waals surface area contributed by atoms with Crippen LogP contribution >= 0.6 is 11.3 Å². The molecule has 0 aliphatic heterocycles. The summed E-state index contributed by atoms with van der Waals surface area (Å²) in [5.41, 5.74) is 2.92. The van der Waals surface area contributed by atoms with Gasteiger partial charge in [-0.2, -0.15) is 4.98 Å². The molecule has 0 saturated heterocycles. The lowest BCUT2D eigenvalue weighted by Crippen LogP contribution is -2.09. The van der Waals surface area contributed by atoms with Crippen LogP contribution in [0.4, 0.5) is 0 Å². The second-order valence-corrected chi connectivity index (χ2v) is 16.4. The molecule has 0 aliphatic carbocycles. The van der Waals surface area contributed by atoms with Crippen LogP contribution in [0.25, 0.3) is 125 Å². The van der Waals surface area contributed by atoms with Gasteiger partial charge in [0, 0.05) is 64.1 Å². The van der Waals surface area contributed by atoms with Crippen molar-refractivity contribution in [1.29, 1.82) is 0 Å². The molecule has 0 radical (unpaired) electrons. The van der Waals surface area contributed by atoms with Crippen LogP contribution in [0.2, 0.25) is 0 Å². The normalized spacial score (nSPS) is 15.6. The Labute approximate surface area is 393 Å². The molecule has 5 heterocycles. The quantitative estimate of drug-likeness (QED) is 0.173. The molecule has 0 spiro atoms. The molecule has 298 valence electrons. The summed E-state index contributed by atoms with van der Waals surface area (Å²) in [6, 6.07) is 27.0. The van der Waals surface area contributed by atoms with Crippen molar-refractivity contribution in [2.75, 3.05) is 0 Å². The number of rotatable bonds is 5. The largest absolute Gasteiger partial charge is 0.309 e. The summed E-state index contributed by atoms with van der Waals surface area (Å²) >= 11 is 1.62. The highest BCUT2D eigenvalue weighted by atomic mass is 32.1. The second-order valence-electron chi connectivity index (χ2n) is 15.4. The van der Waals surface area contributed by atoms with Gasteiger partial charge < -0.3 is 4.57 Å². The number of hydrogen-bond donors (Lipinski definition) is 0. The first-order valence-corrected chi connectivity index (χ1v) is 21.2. The molecule has 6 heteroatoms. The van der Waals surface area contributed by atoms with Gasteiger partial charge in [-0.1, -0.05) is 151 Å². The smallest absolute Gasteiger partial charge is 0.237 e. The summed E-state index contributed by atoms with van der Waals surface area (Å²) in [6.07, 6.45) is 0. The number of thiophene rings is 1. The van der Waals surface area contributed by atoms with E-state index in [1.165, 1.54) is 10.6 Å². The molecular weight excluding hydrogens is 799 g/mol. The van der Waals surface area contributed by atoms with Crippen LogP contribution in [0.3, 0.4) is 0 Å². The first-order valence-electron chi connectivity index (χ1n) is 28.4. The topological polar surface area (TPSA) is 40.6 Å². The molecule has 9 aromatic carbocycles. The molecule has 0 aliphatic rings. The fraction of sp³-hybridized carbons (Fsp3) is 0. The van der Waals surface area contributed by atoms with Crippen molar-refractivity contribution in [3.05, 3.63) is 212 Å². The monoisotopic (exact) mass is 849 g/mol. The number of hydrogen-bond acceptors (Lipinski definition) is 3. The van der Waals surface area contributed by atoms with Crippen molar-refractivity contribution < 1.29 is 21.9 Å². The van der Waals surface area contributed by atoms with Crippen LogP contribution < -0.4 is 0 Å². The van der Waals surface area contributed by atoms with Crippen molar-refractivity contribution in [3.63, 3.8) is 0 Å². The SMILES string of the molecule is [2H]c1c([2H])c([2H])c2c(c1[2H])c1c([2H])c([2H])c([2H])c([2H])c1n2-c1cc(-c2c(-c3ccc4c(c3)sc3ccccc34)cccc2-n2c3ccccc3c3ccccc32)nc(-n2c3c([2H])c([2H])c([2H])c([2H])c3c3c([2H])c([2H])c([2H])c([2H])c32)n1. The maximum absolute atomic E-state index is 9.50. The first kappa shape index (κ1) is 23.2. The standard InChI is InChI=1S/C58H35N5S/c1-8-24-47-38(16-1)39-17-2-9-25-48(39)61(47)53-30-15-23-37(36-32-33-45-44-22-7-14-31-54(44)64-55(45)34-36)57(53)46-35-56(62-49-26-10-3-18-40(49)41-19-4-11-27-50(41)62)60-58(59-46)63-51-28-12-5-20-42(51)43-21-6-13-29-52(43)63/h1-35H/i3D,4D,5D,6D,10D,11D,12D,13D,18D,19D,20D,21D,26D,27D,28D,29D. The zero-order chi connectivity index (χ0) is 55.8. The number of nitrogens with zero attached hydrogens (tertiary/aromatic N) is 5. The Morgan fingerprint density at radius 1 is 0.391 bits per heavy atom. The van der Waals surface area contributed by atoms with Crippen molar-refractivity contribution in [2.24, 2.45) is 0 Å². The molecule has 0 N–H and O–H groups in total. The van der Waals surface area contributed by atoms with Gasteiger partial charge in [-0.05, 0) is 65.6 Å². The summed E-state index contributed by atoms with van der Waals surface area (Å²) in [5, 5.41) is 2.99. The van der Waals surface area contributed by atoms with Gasteiger partial charge in [0.2, 0.25) is 5.95 Å². The Kier molecular flexibility index (Phi) is 4.93. The minimum atomic E-state index is -0.691. The molecule has 0 fully saturated rings. The Balaban J connectivity index is 1.23. The number of para-hydroxylation sites is 6. The van der Waals surface area contributed by atoms with Gasteiger partial charge in [-0.25, -0.2) is 4.98 Å². The molecule has 0 unspecified atom stereocenters. The van der Waals surface area contributed by atoms with Crippen LogP contribution in [0.15, 0.2) is 212 Å². The minimum Gasteiger partial charge on any atom is -0.309 e. The summed E-state index contributed by atoms with van der Waals surface area (Å²) in [4.78, 5) is 10.4. The number of benzene rings is 9. The summed E-state index contributed by atoms with van der Waals surface area (Å²) in [6.45, 7) is 0. The van der Waals surface area contributed by atoms with Crippen LogP contribution in [-0.4, -0.2) is 23.7 Å². The predicted molar refractivity (Wildman–Crippen MR) is 269 cm³/mol. The Morgan fingerprint density at radius 3 is 1.55 bits per heavy atom. The number of aromatic nitrogens is 5. The van der Waals surface area contributed by atoms with E-state index in [-0.39, 0.29) is 55.1 Å². The Morgan fingerprint density at radius 2 is 0.922 bits per heavy atom. The summed E-state index contributed by atoms with van der Waals surface area (Å²) in [7, 11) is 0. The molecule has 0 atom stereocenters. The molecule has 0 saturated carbocycles. The van der Waals surface area contributed by atoms with Crippen molar-refractivity contribution in [3.8, 4) is 39.8 Å². The number of fused-ring (bicyclic) bond motifs is 12. The van der Waals surface area contributed by atoms with E-state index in [1.807, 2.05) is 91.0 Å². The van der Waals surface area contributed by atoms with Crippen molar-refractivity contribution in [1.82, 2.24) is 23.7 Å². The van der Waals surface area contributed by atoms with Gasteiger partial charge >= 0.3 is 0 Å². The third kappa shape index (κ3) is 5.05. The molecule has 0 bridgehead atoms. The molecule has 64 heavy (non-hydrogen) atoms. The van der Waals surface area contributed by atoms with Crippen LogP contribution in [-0.2, 0) is 0 Å². The van der Waals surface area contributed by atoms with Crippen LogP contribution in [0.1, 0.15) is 21.9 Å². The minimum absolute atomic E-state index is 0.0854. The van der Waals surface area contributed by atoms with Gasteiger partial charge in [0.05, 0.1) is 66.4 Å². The van der Waals surface area contributed by atoms with E-state index in [4.69, 9.17) is 20.9 Å². The van der Waals surface area contributed by atoms with Crippen LogP contribution in [0, 0.1) is 0 Å².